The molecule has 2 aliphatic rings. The number of rotatable bonds is 5. The second kappa shape index (κ2) is 6.10. The number of nitrogens with zero attached hydrogens (tertiary/aromatic N) is 2. The fourth-order valence-corrected chi connectivity index (χ4v) is 4.15. The predicted octanol–water partition coefficient (Wildman–Crippen LogP) is 2.10. The van der Waals surface area contributed by atoms with Crippen molar-refractivity contribution in [3.05, 3.63) is 35.7 Å². The van der Waals surface area contributed by atoms with Crippen molar-refractivity contribution in [1.82, 2.24) is 15.3 Å². The van der Waals surface area contributed by atoms with Crippen molar-refractivity contribution in [3.8, 4) is 0 Å². The number of carbonyl (C=O) groups excluding carboxylic acids is 1. The molecule has 6 nitrogen and oxygen atoms in total. The van der Waals surface area contributed by atoms with E-state index in [4.69, 9.17) is 0 Å². The van der Waals surface area contributed by atoms with E-state index < -0.39 is 5.97 Å². The minimum atomic E-state index is -0.726. The molecule has 0 unspecified atom stereocenters. The Hall–Kier alpha value is -2.50. The molecule has 2 saturated carbocycles. The molecule has 6 heteroatoms. The SMILES string of the molecule is Cc1nc2ncccc2cc1CCC(=O)N[C@@H]1C[C@H](C(=O)O)[C@H]2C[C@H]21. The highest BCUT2D eigenvalue weighted by Gasteiger charge is 2.57. The molecule has 0 spiro atoms. The van der Waals surface area contributed by atoms with E-state index in [0.29, 0.717) is 25.2 Å². The molecule has 130 valence electrons. The summed E-state index contributed by atoms with van der Waals surface area (Å²) in [6, 6.07) is 5.92. The van der Waals surface area contributed by atoms with Crippen LogP contribution in [0.1, 0.15) is 30.5 Å². The van der Waals surface area contributed by atoms with Gasteiger partial charge in [-0.25, -0.2) is 9.97 Å². The molecule has 4 rings (SSSR count). The lowest BCUT2D eigenvalue weighted by molar-refractivity contribution is -0.142. The summed E-state index contributed by atoms with van der Waals surface area (Å²) in [5.74, 6) is -0.389. The summed E-state index contributed by atoms with van der Waals surface area (Å²) < 4.78 is 0. The Bertz CT molecular complexity index is 851. The molecule has 2 aromatic rings. The number of fused-ring (bicyclic) bond motifs is 2. The van der Waals surface area contributed by atoms with Gasteiger partial charge in [-0.2, -0.15) is 0 Å². The van der Waals surface area contributed by atoms with E-state index in [1.165, 1.54) is 0 Å². The fraction of sp³-hybridized carbons (Fsp3) is 0.474. The number of amides is 1. The molecule has 0 saturated heterocycles. The van der Waals surface area contributed by atoms with Gasteiger partial charge in [0.15, 0.2) is 5.65 Å². The molecular formula is C19H21N3O3. The summed E-state index contributed by atoms with van der Waals surface area (Å²) in [6.45, 7) is 1.94. The smallest absolute Gasteiger partial charge is 0.306 e. The van der Waals surface area contributed by atoms with Gasteiger partial charge in [0, 0.05) is 29.7 Å². The van der Waals surface area contributed by atoms with Gasteiger partial charge in [-0.15, -0.1) is 0 Å². The van der Waals surface area contributed by atoms with Gasteiger partial charge < -0.3 is 10.4 Å². The van der Waals surface area contributed by atoms with Gasteiger partial charge in [-0.3, -0.25) is 9.59 Å². The average Bonchev–Trinajstić information content (AvgIpc) is 3.29. The summed E-state index contributed by atoms with van der Waals surface area (Å²) in [4.78, 5) is 32.2. The first kappa shape index (κ1) is 16.0. The van der Waals surface area contributed by atoms with E-state index >= 15 is 0 Å². The highest BCUT2D eigenvalue weighted by molar-refractivity contribution is 5.78. The molecule has 0 aromatic carbocycles. The van der Waals surface area contributed by atoms with Crippen LogP contribution in [0, 0.1) is 24.7 Å². The quantitative estimate of drug-likeness (QED) is 0.870. The maximum absolute atomic E-state index is 12.3. The first-order chi connectivity index (χ1) is 12.0. The fourth-order valence-electron chi connectivity index (χ4n) is 4.15. The minimum Gasteiger partial charge on any atom is -0.481 e. The van der Waals surface area contributed by atoms with E-state index in [9.17, 15) is 14.7 Å². The third kappa shape index (κ3) is 3.08. The number of carboxylic acid groups (broad SMARTS) is 1. The molecule has 2 fully saturated rings. The number of hydrogen-bond acceptors (Lipinski definition) is 4. The van der Waals surface area contributed by atoms with Crippen molar-refractivity contribution in [2.45, 2.75) is 38.6 Å². The van der Waals surface area contributed by atoms with Crippen molar-refractivity contribution in [2.24, 2.45) is 17.8 Å². The molecule has 2 aromatic heterocycles. The number of aliphatic carboxylic acids is 1. The molecule has 25 heavy (non-hydrogen) atoms. The molecule has 1 amide bonds. The van der Waals surface area contributed by atoms with Crippen LogP contribution < -0.4 is 5.32 Å². The zero-order valence-corrected chi connectivity index (χ0v) is 14.1. The van der Waals surface area contributed by atoms with Crippen molar-refractivity contribution in [3.63, 3.8) is 0 Å². The molecule has 0 bridgehead atoms. The normalized spacial score (nSPS) is 27.1. The second-order valence-electron chi connectivity index (χ2n) is 7.20. The number of carboxylic acids is 1. The summed E-state index contributed by atoms with van der Waals surface area (Å²) in [6.07, 6.45) is 4.23. The number of carbonyl (C=O) groups is 2. The van der Waals surface area contributed by atoms with E-state index in [1.807, 2.05) is 25.1 Å². The molecule has 2 N–H and O–H groups in total. The van der Waals surface area contributed by atoms with Crippen LogP contribution in [0.4, 0.5) is 0 Å². The van der Waals surface area contributed by atoms with E-state index in [2.05, 4.69) is 15.3 Å². The first-order valence-electron chi connectivity index (χ1n) is 8.76. The number of aryl methyl sites for hydroxylation is 2. The van der Waals surface area contributed by atoms with Gasteiger partial charge in [0.05, 0.1) is 5.92 Å². The van der Waals surface area contributed by atoms with Crippen LogP contribution in [-0.4, -0.2) is 33.0 Å². The third-order valence-electron chi connectivity index (χ3n) is 5.60. The Morgan fingerprint density at radius 1 is 1.32 bits per heavy atom. The largest absolute Gasteiger partial charge is 0.481 e. The molecular weight excluding hydrogens is 318 g/mol. The van der Waals surface area contributed by atoms with Crippen LogP contribution in [0.3, 0.4) is 0 Å². The first-order valence-corrected chi connectivity index (χ1v) is 8.76. The van der Waals surface area contributed by atoms with Crippen molar-refractivity contribution < 1.29 is 14.7 Å². The highest BCUT2D eigenvalue weighted by Crippen LogP contribution is 2.55. The maximum atomic E-state index is 12.3. The van der Waals surface area contributed by atoms with Gasteiger partial charge in [0.1, 0.15) is 0 Å². The number of hydrogen-bond donors (Lipinski definition) is 2. The van der Waals surface area contributed by atoms with E-state index in [1.54, 1.807) is 6.20 Å². The lowest BCUT2D eigenvalue weighted by Gasteiger charge is -2.16. The Balaban J connectivity index is 1.36. The van der Waals surface area contributed by atoms with Crippen LogP contribution in [-0.2, 0) is 16.0 Å². The number of pyridine rings is 2. The Kier molecular flexibility index (Phi) is 3.90. The lowest BCUT2D eigenvalue weighted by Crippen LogP contribution is -2.36. The summed E-state index contributed by atoms with van der Waals surface area (Å²) in [7, 11) is 0. The lowest BCUT2D eigenvalue weighted by atomic mass is 10.0. The van der Waals surface area contributed by atoms with Gasteiger partial charge in [-0.05, 0) is 61.8 Å². The van der Waals surface area contributed by atoms with E-state index in [0.717, 1.165) is 28.7 Å². The monoisotopic (exact) mass is 339 g/mol. The summed E-state index contributed by atoms with van der Waals surface area (Å²) >= 11 is 0. The van der Waals surface area contributed by atoms with Crippen molar-refractivity contribution >= 4 is 22.9 Å². The van der Waals surface area contributed by atoms with Crippen molar-refractivity contribution in [2.75, 3.05) is 0 Å². The molecule has 2 aliphatic carbocycles. The average molecular weight is 339 g/mol. The van der Waals surface area contributed by atoms with Gasteiger partial charge in [-0.1, -0.05) is 0 Å². The zero-order valence-electron chi connectivity index (χ0n) is 14.1. The second-order valence-corrected chi connectivity index (χ2v) is 7.20. The Morgan fingerprint density at radius 2 is 2.16 bits per heavy atom. The van der Waals surface area contributed by atoms with Gasteiger partial charge in [0.25, 0.3) is 0 Å². The molecule has 2 heterocycles. The van der Waals surface area contributed by atoms with Crippen LogP contribution in [0.25, 0.3) is 11.0 Å². The standard InChI is InChI=1S/C19H21N3O3/c1-10-11(7-12-3-2-6-20-18(12)21-10)4-5-17(23)22-16-9-15(19(24)25)13-8-14(13)16/h2-3,6-7,13-16H,4-5,8-9H2,1H3,(H,22,23)(H,24,25)/t13-,14+,15-,16+/m0/s1. The molecule has 0 aliphatic heterocycles. The number of nitrogens with one attached hydrogen (secondary N) is 1. The Morgan fingerprint density at radius 3 is 2.92 bits per heavy atom. The predicted molar refractivity (Wildman–Crippen MR) is 91.9 cm³/mol. The topological polar surface area (TPSA) is 92.2 Å². The van der Waals surface area contributed by atoms with Crippen LogP contribution >= 0.6 is 0 Å². The van der Waals surface area contributed by atoms with Gasteiger partial charge in [0.2, 0.25) is 5.91 Å². The van der Waals surface area contributed by atoms with E-state index in [-0.39, 0.29) is 23.8 Å². The van der Waals surface area contributed by atoms with Crippen LogP contribution in [0.15, 0.2) is 24.4 Å². The Labute approximate surface area is 145 Å². The van der Waals surface area contributed by atoms with Crippen molar-refractivity contribution in [1.29, 1.82) is 0 Å². The summed E-state index contributed by atoms with van der Waals surface area (Å²) in [5.41, 5.74) is 2.67. The number of aromatic nitrogens is 2. The van der Waals surface area contributed by atoms with Gasteiger partial charge >= 0.3 is 5.97 Å². The van der Waals surface area contributed by atoms with Crippen LogP contribution in [0.2, 0.25) is 0 Å². The summed E-state index contributed by atoms with van der Waals surface area (Å²) in [5, 5.41) is 13.2. The van der Waals surface area contributed by atoms with Crippen LogP contribution in [0.5, 0.6) is 0 Å². The molecule has 4 atom stereocenters. The molecule has 0 radical (unpaired) electrons. The third-order valence-corrected chi connectivity index (χ3v) is 5.60. The minimum absolute atomic E-state index is 0.00706. The maximum Gasteiger partial charge on any atom is 0.306 e. The highest BCUT2D eigenvalue weighted by atomic mass is 16.4. The zero-order chi connectivity index (χ0) is 17.6.